The van der Waals surface area contributed by atoms with Crippen LogP contribution in [0.5, 0.6) is 5.75 Å². The molecule has 0 bridgehead atoms. The van der Waals surface area contributed by atoms with Crippen molar-refractivity contribution in [2.45, 2.75) is 45.9 Å². The lowest BCUT2D eigenvalue weighted by molar-refractivity contribution is 0.266. The normalized spacial score (nSPS) is 14.4. The van der Waals surface area contributed by atoms with E-state index in [0.717, 1.165) is 28.3 Å². The zero-order valence-corrected chi connectivity index (χ0v) is 14.0. The van der Waals surface area contributed by atoms with Crippen molar-refractivity contribution in [3.63, 3.8) is 0 Å². The van der Waals surface area contributed by atoms with Gasteiger partial charge >= 0.3 is 0 Å². The fourth-order valence-electron chi connectivity index (χ4n) is 2.25. The van der Waals surface area contributed by atoms with Gasteiger partial charge in [-0.1, -0.05) is 6.07 Å². The smallest absolute Gasteiger partial charge is 0.146 e. The van der Waals surface area contributed by atoms with Gasteiger partial charge in [-0.15, -0.1) is 0 Å². The van der Waals surface area contributed by atoms with E-state index in [9.17, 15) is 0 Å². The van der Waals surface area contributed by atoms with Gasteiger partial charge in [-0.2, -0.15) is 0 Å². The number of ether oxygens (including phenoxy) is 1. The molecule has 2 aromatic rings. The number of furan rings is 1. The molecule has 0 spiro atoms. The number of halogens is 1. The third-order valence-corrected chi connectivity index (χ3v) is 4.31. The van der Waals surface area contributed by atoms with Crippen molar-refractivity contribution < 1.29 is 9.15 Å². The Balaban J connectivity index is 1.60. The minimum Gasteiger partial charge on any atom is -0.484 e. The fourth-order valence-corrected chi connectivity index (χ4v) is 2.86. The summed E-state index contributed by atoms with van der Waals surface area (Å²) in [5, 5.41) is 3.51. The minimum atomic E-state index is 0.450. The predicted octanol–water partition coefficient (Wildman–Crippen LogP) is 4.49. The van der Waals surface area contributed by atoms with E-state index in [1.54, 1.807) is 0 Å². The molecule has 1 fully saturated rings. The molecule has 1 heterocycles. The number of rotatable bonds is 6. The SMILES string of the molecule is Cc1ccc(OCc2cc(CNC3CC3)c(C)o2)c(Br)c1. The second kappa shape index (κ2) is 6.24. The average Bonchev–Trinajstić information content (AvgIpc) is 3.20. The summed E-state index contributed by atoms with van der Waals surface area (Å²) in [6.45, 7) is 5.40. The molecule has 1 aliphatic carbocycles. The summed E-state index contributed by atoms with van der Waals surface area (Å²) in [7, 11) is 0. The van der Waals surface area contributed by atoms with Crippen LogP contribution >= 0.6 is 15.9 Å². The highest BCUT2D eigenvalue weighted by atomic mass is 79.9. The zero-order chi connectivity index (χ0) is 14.8. The summed E-state index contributed by atoms with van der Waals surface area (Å²) in [4.78, 5) is 0. The third kappa shape index (κ3) is 3.89. The van der Waals surface area contributed by atoms with Crippen LogP contribution in [-0.4, -0.2) is 6.04 Å². The first-order valence-corrected chi connectivity index (χ1v) is 8.11. The molecule has 112 valence electrons. The van der Waals surface area contributed by atoms with E-state index >= 15 is 0 Å². The number of hydrogen-bond acceptors (Lipinski definition) is 3. The van der Waals surface area contributed by atoms with Crippen LogP contribution in [0.1, 0.15) is 35.5 Å². The van der Waals surface area contributed by atoms with Gasteiger partial charge in [0.25, 0.3) is 0 Å². The van der Waals surface area contributed by atoms with Gasteiger partial charge in [0.05, 0.1) is 4.47 Å². The van der Waals surface area contributed by atoms with Gasteiger partial charge in [-0.25, -0.2) is 0 Å². The first kappa shape index (κ1) is 14.7. The maximum Gasteiger partial charge on any atom is 0.146 e. The van der Waals surface area contributed by atoms with Gasteiger partial charge < -0.3 is 14.5 Å². The lowest BCUT2D eigenvalue weighted by Gasteiger charge is -2.07. The second-order valence-electron chi connectivity index (χ2n) is 5.67. The molecule has 0 aliphatic heterocycles. The lowest BCUT2D eigenvalue weighted by Crippen LogP contribution is -2.15. The Labute approximate surface area is 133 Å². The van der Waals surface area contributed by atoms with Crippen molar-refractivity contribution in [1.29, 1.82) is 0 Å². The van der Waals surface area contributed by atoms with Crippen LogP contribution in [0, 0.1) is 13.8 Å². The number of benzene rings is 1. The van der Waals surface area contributed by atoms with Gasteiger partial charge in [-0.05, 0) is 66.4 Å². The molecule has 3 rings (SSSR count). The molecular weight excluding hydrogens is 330 g/mol. The molecule has 1 N–H and O–H groups in total. The summed E-state index contributed by atoms with van der Waals surface area (Å²) in [5.74, 6) is 2.68. The maximum absolute atomic E-state index is 5.82. The van der Waals surface area contributed by atoms with Crippen molar-refractivity contribution in [3.05, 3.63) is 51.4 Å². The maximum atomic E-state index is 5.82. The quantitative estimate of drug-likeness (QED) is 0.834. The van der Waals surface area contributed by atoms with Crippen LogP contribution < -0.4 is 10.1 Å². The zero-order valence-electron chi connectivity index (χ0n) is 12.4. The van der Waals surface area contributed by atoms with Crippen LogP contribution in [0.15, 0.2) is 33.2 Å². The van der Waals surface area contributed by atoms with Crippen LogP contribution in [-0.2, 0) is 13.2 Å². The summed E-state index contributed by atoms with van der Waals surface area (Å²) in [6, 6.07) is 8.87. The molecule has 1 aliphatic rings. The monoisotopic (exact) mass is 349 g/mol. The third-order valence-electron chi connectivity index (χ3n) is 3.69. The van der Waals surface area contributed by atoms with Crippen LogP contribution in [0.2, 0.25) is 0 Å². The van der Waals surface area contributed by atoms with E-state index in [0.29, 0.717) is 12.6 Å². The van der Waals surface area contributed by atoms with Crippen LogP contribution in [0.25, 0.3) is 0 Å². The number of hydrogen-bond donors (Lipinski definition) is 1. The predicted molar refractivity (Wildman–Crippen MR) is 86.5 cm³/mol. The average molecular weight is 350 g/mol. The van der Waals surface area contributed by atoms with Crippen molar-refractivity contribution in [3.8, 4) is 5.75 Å². The first-order chi connectivity index (χ1) is 10.1. The molecule has 0 amide bonds. The molecule has 1 aromatic heterocycles. The van der Waals surface area contributed by atoms with Crippen molar-refractivity contribution in [1.82, 2.24) is 5.32 Å². The molecule has 21 heavy (non-hydrogen) atoms. The Hall–Kier alpha value is -1.26. The second-order valence-corrected chi connectivity index (χ2v) is 6.53. The van der Waals surface area contributed by atoms with Gasteiger partial charge in [0, 0.05) is 18.2 Å². The Kier molecular flexibility index (Phi) is 4.36. The molecule has 0 saturated heterocycles. The summed E-state index contributed by atoms with van der Waals surface area (Å²) >= 11 is 3.52. The molecule has 3 nitrogen and oxygen atoms in total. The highest BCUT2D eigenvalue weighted by Crippen LogP contribution is 2.27. The molecule has 1 aromatic carbocycles. The Morgan fingerprint density at radius 2 is 2.10 bits per heavy atom. The summed E-state index contributed by atoms with van der Waals surface area (Å²) in [6.07, 6.45) is 2.60. The van der Waals surface area contributed by atoms with Crippen LogP contribution in [0.3, 0.4) is 0 Å². The highest BCUT2D eigenvalue weighted by molar-refractivity contribution is 9.10. The first-order valence-electron chi connectivity index (χ1n) is 7.32. The topological polar surface area (TPSA) is 34.4 Å². The van der Waals surface area contributed by atoms with E-state index in [4.69, 9.17) is 9.15 Å². The number of nitrogens with one attached hydrogen (secondary N) is 1. The summed E-state index contributed by atoms with van der Waals surface area (Å²) in [5.41, 5.74) is 2.43. The largest absolute Gasteiger partial charge is 0.484 e. The van der Waals surface area contributed by atoms with E-state index < -0.39 is 0 Å². The highest BCUT2D eigenvalue weighted by Gasteiger charge is 2.21. The molecule has 4 heteroatoms. The van der Waals surface area contributed by atoms with Gasteiger partial charge in [-0.3, -0.25) is 0 Å². The minimum absolute atomic E-state index is 0.450. The van der Waals surface area contributed by atoms with Crippen molar-refractivity contribution >= 4 is 15.9 Å². The van der Waals surface area contributed by atoms with Crippen LogP contribution in [0.4, 0.5) is 0 Å². The summed E-state index contributed by atoms with van der Waals surface area (Å²) < 4.78 is 12.6. The van der Waals surface area contributed by atoms with Gasteiger partial charge in [0.15, 0.2) is 0 Å². The van der Waals surface area contributed by atoms with E-state index in [2.05, 4.69) is 34.2 Å². The molecule has 0 unspecified atom stereocenters. The van der Waals surface area contributed by atoms with E-state index in [1.807, 2.05) is 25.1 Å². The molecule has 0 radical (unpaired) electrons. The Morgan fingerprint density at radius 1 is 1.29 bits per heavy atom. The number of aryl methyl sites for hydroxylation is 2. The Morgan fingerprint density at radius 3 is 2.81 bits per heavy atom. The van der Waals surface area contributed by atoms with Crippen molar-refractivity contribution in [2.75, 3.05) is 0 Å². The molecule has 1 saturated carbocycles. The standard InChI is InChI=1S/C17H20BrNO2/c1-11-3-6-17(16(18)7-11)20-10-15-8-13(12(2)21-15)9-19-14-4-5-14/h3,6-8,14,19H,4-5,9-10H2,1-2H3. The molecular formula is C17H20BrNO2. The Bertz CT molecular complexity index is 632. The van der Waals surface area contributed by atoms with Crippen molar-refractivity contribution in [2.24, 2.45) is 0 Å². The van der Waals surface area contributed by atoms with Gasteiger partial charge in [0.1, 0.15) is 23.9 Å². The lowest BCUT2D eigenvalue weighted by atomic mass is 10.2. The molecule has 0 atom stereocenters. The van der Waals surface area contributed by atoms with Gasteiger partial charge in [0.2, 0.25) is 0 Å². The van der Waals surface area contributed by atoms with E-state index in [-0.39, 0.29) is 0 Å². The van der Waals surface area contributed by atoms with E-state index in [1.165, 1.54) is 24.0 Å². The fraction of sp³-hybridized carbons (Fsp3) is 0.412.